The Bertz CT molecular complexity index is 610. The van der Waals surface area contributed by atoms with E-state index in [1.54, 1.807) is 6.20 Å². The summed E-state index contributed by atoms with van der Waals surface area (Å²) in [5.41, 5.74) is 2.14. The fourth-order valence-electron chi connectivity index (χ4n) is 1.79. The van der Waals surface area contributed by atoms with Gasteiger partial charge < -0.3 is 10.6 Å². The van der Waals surface area contributed by atoms with Crippen LogP contribution in [0.4, 0.5) is 11.5 Å². The normalized spacial score (nSPS) is 11.8. The van der Waals surface area contributed by atoms with Crippen LogP contribution in [-0.2, 0) is 0 Å². The molecule has 0 saturated carbocycles. The third kappa shape index (κ3) is 4.27. The minimum atomic E-state index is -0.261. The van der Waals surface area contributed by atoms with Crippen LogP contribution in [0.5, 0.6) is 0 Å². The summed E-state index contributed by atoms with van der Waals surface area (Å²) in [6.45, 7) is 6.14. The van der Waals surface area contributed by atoms with Crippen LogP contribution in [0.2, 0.25) is 0 Å². The van der Waals surface area contributed by atoms with Crippen LogP contribution in [-0.4, -0.2) is 21.9 Å². The molecule has 1 amide bonds. The van der Waals surface area contributed by atoms with Crippen molar-refractivity contribution >= 4 is 17.4 Å². The molecule has 2 rings (SSSR count). The van der Waals surface area contributed by atoms with Gasteiger partial charge in [-0.3, -0.25) is 4.79 Å². The molecule has 1 atom stereocenters. The SMILES string of the molecule is CCC(C)Nc1cnc(C(=O)Nc2cccc(C)c2)cn1. The van der Waals surface area contributed by atoms with Crippen LogP contribution in [0.25, 0.3) is 0 Å². The van der Waals surface area contributed by atoms with Crippen molar-refractivity contribution in [2.45, 2.75) is 33.2 Å². The van der Waals surface area contributed by atoms with E-state index in [4.69, 9.17) is 0 Å². The fourth-order valence-corrected chi connectivity index (χ4v) is 1.79. The van der Waals surface area contributed by atoms with Gasteiger partial charge in [0.1, 0.15) is 11.5 Å². The van der Waals surface area contributed by atoms with Crippen molar-refractivity contribution in [2.75, 3.05) is 10.6 Å². The Labute approximate surface area is 124 Å². The van der Waals surface area contributed by atoms with Crippen molar-refractivity contribution < 1.29 is 4.79 Å². The number of amides is 1. The van der Waals surface area contributed by atoms with E-state index in [-0.39, 0.29) is 5.91 Å². The first-order chi connectivity index (χ1) is 10.1. The predicted molar refractivity (Wildman–Crippen MR) is 84.5 cm³/mol. The number of benzene rings is 1. The van der Waals surface area contributed by atoms with E-state index in [1.165, 1.54) is 6.20 Å². The molecular formula is C16H20N4O. The van der Waals surface area contributed by atoms with E-state index in [0.717, 1.165) is 17.7 Å². The molecule has 1 unspecified atom stereocenters. The van der Waals surface area contributed by atoms with Crippen LogP contribution < -0.4 is 10.6 Å². The first kappa shape index (κ1) is 15.0. The van der Waals surface area contributed by atoms with E-state index in [1.807, 2.05) is 31.2 Å². The molecule has 5 heteroatoms. The van der Waals surface area contributed by atoms with Gasteiger partial charge in [-0.25, -0.2) is 9.97 Å². The molecule has 0 saturated heterocycles. The van der Waals surface area contributed by atoms with Gasteiger partial charge in [0.2, 0.25) is 0 Å². The molecule has 2 aromatic rings. The molecular weight excluding hydrogens is 264 g/mol. The number of carbonyl (C=O) groups is 1. The molecule has 1 heterocycles. The molecule has 1 aromatic heterocycles. The highest BCUT2D eigenvalue weighted by Crippen LogP contribution is 2.11. The topological polar surface area (TPSA) is 66.9 Å². The summed E-state index contributed by atoms with van der Waals surface area (Å²) in [5, 5.41) is 6.02. The summed E-state index contributed by atoms with van der Waals surface area (Å²) < 4.78 is 0. The van der Waals surface area contributed by atoms with E-state index in [2.05, 4.69) is 34.4 Å². The van der Waals surface area contributed by atoms with Crippen molar-refractivity contribution in [2.24, 2.45) is 0 Å². The van der Waals surface area contributed by atoms with Gasteiger partial charge in [0, 0.05) is 11.7 Å². The van der Waals surface area contributed by atoms with E-state index in [9.17, 15) is 4.79 Å². The van der Waals surface area contributed by atoms with Crippen molar-refractivity contribution in [3.05, 3.63) is 47.9 Å². The lowest BCUT2D eigenvalue weighted by Gasteiger charge is -2.11. The zero-order valence-corrected chi connectivity index (χ0v) is 12.6. The Balaban J connectivity index is 2.03. The predicted octanol–water partition coefficient (Wildman–Crippen LogP) is 3.25. The standard InChI is InChI=1S/C16H20N4O/c1-4-12(3)19-15-10-17-14(9-18-15)16(21)20-13-7-5-6-11(2)8-13/h5-10,12H,4H2,1-3H3,(H,18,19)(H,20,21). The molecule has 1 aromatic carbocycles. The van der Waals surface area contributed by atoms with E-state index >= 15 is 0 Å². The Hall–Kier alpha value is -2.43. The minimum Gasteiger partial charge on any atom is -0.366 e. The Morgan fingerprint density at radius 2 is 2.10 bits per heavy atom. The van der Waals surface area contributed by atoms with Crippen LogP contribution in [0.3, 0.4) is 0 Å². The van der Waals surface area contributed by atoms with Crippen LogP contribution in [0.15, 0.2) is 36.7 Å². The maximum absolute atomic E-state index is 12.1. The van der Waals surface area contributed by atoms with Gasteiger partial charge in [-0.15, -0.1) is 0 Å². The van der Waals surface area contributed by atoms with Crippen LogP contribution >= 0.6 is 0 Å². The van der Waals surface area contributed by atoms with Gasteiger partial charge >= 0.3 is 0 Å². The first-order valence-corrected chi connectivity index (χ1v) is 7.05. The average Bonchev–Trinajstić information content (AvgIpc) is 2.47. The lowest BCUT2D eigenvalue weighted by molar-refractivity contribution is 0.102. The van der Waals surface area contributed by atoms with Gasteiger partial charge in [-0.05, 0) is 38.0 Å². The minimum absolute atomic E-state index is 0.261. The molecule has 0 aliphatic heterocycles. The number of carbonyl (C=O) groups excluding carboxylic acids is 1. The third-order valence-corrected chi connectivity index (χ3v) is 3.17. The average molecular weight is 284 g/mol. The number of hydrogen-bond donors (Lipinski definition) is 2. The highest BCUT2D eigenvalue weighted by Gasteiger charge is 2.09. The fraction of sp³-hybridized carbons (Fsp3) is 0.312. The lowest BCUT2D eigenvalue weighted by atomic mass is 10.2. The van der Waals surface area contributed by atoms with E-state index < -0.39 is 0 Å². The number of aromatic nitrogens is 2. The molecule has 0 bridgehead atoms. The second-order valence-corrected chi connectivity index (χ2v) is 5.06. The molecule has 0 radical (unpaired) electrons. The van der Waals surface area contributed by atoms with E-state index in [0.29, 0.717) is 17.6 Å². The largest absolute Gasteiger partial charge is 0.366 e. The number of hydrogen-bond acceptors (Lipinski definition) is 4. The monoisotopic (exact) mass is 284 g/mol. The number of nitrogens with zero attached hydrogens (tertiary/aromatic N) is 2. The second-order valence-electron chi connectivity index (χ2n) is 5.06. The summed E-state index contributed by atoms with van der Waals surface area (Å²) in [6.07, 6.45) is 4.06. The Morgan fingerprint density at radius 1 is 1.29 bits per heavy atom. The Kier molecular flexibility index (Phi) is 4.87. The molecule has 5 nitrogen and oxygen atoms in total. The van der Waals surface area contributed by atoms with Gasteiger partial charge in [-0.1, -0.05) is 19.1 Å². The zero-order valence-electron chi connectivity index (χ0n) is 12.6. The summed E-state index contributed by atoms with van der Waals surface area (Å²) in [5.74, 6) is 0.416. The highest BCUT2D eigenvalue weighted by molar-refractivity contribution is 6.02. The number of nitrogens with one attached hydrogen (secondary N) is 2. The van der Waals surface area contributed by atoms with Crippen molar-refractivity contribution in [1.82, 2.24) is 9.97 Å². The third-order valence-electron chi connectivity index (χ3n) is 3.17. The summed E-state index contributed by atoms with van der Waals surface area (Å²) in [4.78, 5) is 20.4. The summed E-state index contributed by atoms with van der Waals surface area (Å²) in [7, 11) is 0. The van der Waals surface area contributed by atoms with Gasteiger partial charge in [0.25, 0.3) is 5.91 Å². The maximum Gasteiger partial charge on any atom is 0.275 e. The smallest absolute Gasteiger partial charge is 0.275 e. The van der Waals surface area contributed by atoms with Gasteiger partial charge in [0.05, 0.1) is 12.4 Å². The second kappa shape index (κ2) is 6.83. The van der Waals surface area contributed by atoms with Crippen LogP contribution in [0, 0.1) is 6.92 Å². The van der Waals surface area contributed by atoms with Gasteiger partial charge in [0.15, 0.2) is 0 Å². The number of anilines is 2. The maximum atomic E-state index is 12.1. The van der Waals surface area contributed by atoms with Crippen molar-refractivity contribution in [3.63, 3.8) is 0 Å². The number of rotatable bonds is 5. The Morgan fingerprint density at radius 3 is 2.71 bits per heavy atom. The highest BCUT2D eigenvalue weighted by atomic mass is 16.1. The molecule has 0 fully saturated rings. The van der Waals surface area contributed by atoms with Crippen LogP contribution in [0.1, 0.15) is 36.3 Å². The summed E-state index contributed by atoms with van der Waals surface area (Å²) >= 11 is 0. The molecule has 2 N–H and O–H groups in total. The molecule has 0 spiro atoms. The first-order valence-electron chi connectivity index (χ1n) is 7.05. The van der Waals surface area contributed by atoms with Crippen molar-refractivity contribution in [3.8, 4) is 0 Å². The zero-order chi connectivity index (χ0) is 15.2. The lowest BCUT2D eigenvalue weighted by Crippen LogP contribution is -2.17. The van der Waals surface area contributed by atoms with Crippen molar-refractivity contribution in [1.29, 1.82) is 0 Å². The molecule has 0 aliphatic carbocycles. The molecule has 0 aliphatic rings. The number of aryl methyl sites for hydroxylation is 1. The van der Waals surface area contributed by atoms with Gasteiger partial charge in [-0.2, -0.15) is 0 Å². The summed E-state index contributed by atoms with van der Waals surface area (Å²) in [6, 6.07) is 7.95. The quantitative estimate of drug-likeness (QED) is 0.884. The molecule has 110 valence electrons. The molecule has 21 heavy (non-hydrogen) atoms.